The van der Waals surface area contributed by atoms with Crippen molar-refractivity contribution in [1.82, 2.24) is 0 Å². The average Bonchev–Trinajstić information content (AvgIpc) is 2.80. The minimum Gasteiger partial charge on any atom is -0.494 e. The summed E-state index contributed by atoms with van der Waals surface area (Å²) in [6.45, 7) is 2.66. The van der Waals surface area contributed by atoms with Gasteiger partial charge in [0.15, 0.2) is 21.2 Å². The molecule has 1 aromatic carbocycles. The fraction of sp³-hybridized carbons (Fsp3) is 0.692. The molecule has 0 spiro atoms. The fourth-order valence-corrected chi connectivity index (χ4v) is 5.16. The number of benzene rings is 1. The highest BCUT2D eigenvalue weighted by Crippen LogP contribution is 2.27. The number of carboxylic acids is 2. The van der Waals surface area contributed by atoms with Gasteiger partial charge in [0.25, 0.3) is 0 Å². The lowest BCUT2D eigenvalue weighted by atomic mass is 10.0. The molecule has 0 atom stereocenters. The first-order chi connectivity index (χ1) is 16.0. The molecule has 0 amide bonds. The van der Waals surface area contributed by atoms with Crippen LogP contribution in [-0.4, -0.2) is 28.8 Å². The van der Waals surface area contributed by atoms with E-state index in [-0.39, 0.29) is 20.4 Å². The van der Waals surface area contributed by atoms with Gasteiger partial charge in [0.05, 0.1) is 21.3 Å². The maximum absolute atomic E-state index is 11.4. The van der Waals surface area contributed by atoms with Crippen molar-refractivity contribution in [3.63, 3.8) is 0 Å². The Morgan fingerprint density at radius 3 is 1.39 bits per heavy atom. The Morgan fingerprint density at radius 2 is 1.06 bits per heavy atom. The molecule has 1 rings (SSSR count). The summed E-state index contributed by atoms with van der Waals surface area (Å²) in [5.74, 6) is -2.39. The average molecular weight is 577 g/mol. The van der Waals surface area contributed by atoms with Crippen LogP contribution in [0.4, 0.5) is 0 Å². The molecule has 1 aromatic rings. The van der Waals surface area contributed by atoms with Crippen molar-refractivity contribution in [3.05, 3.63) is 26.8 Å². The standard InChI is InChI=1S/C26H41IO6/c1-2-3-4-5-6-7-8-9-10-11-12-13-14-15-16-17-18-33-21-19-22(25(28)29)24(27-32)23(20-21)26(30)31/h19-20H,2-18H2,1H3,(H,28,29)(H,30,31). The quantitative estimate of drug-likeness (QED) is 0.113. The monoisotopic (exact) mass is 576 g/mol. The Hall–Kier alpha value is -1.51. The van der Waals surface area contributed by atoms with Crippen LogP contribution in [0.2, 0.25) is 0 Å². The second kappa shape index (κ2) is 18.9. The Balaban J connectivity index is 2.09. The van der Waals surface area contributed by atoms with Crippen LogP contribution < -0.4 is 4.74 Å². The van der Waals surface area contributed by atoms with Gasteiger partial charge in [0.2, 0.25) is 0 Å². The van der Waals surface area contributed by atoms with Crippen LogP contribution in [0.25, 0.3) is 0 Å². The minimum atomic E-state index is -1.92. The van der Waals surface area contributed by atoms with E-state index in [0.717, 1.165) is 19.3 Å². The zero-order valence-electron chi connectivity index (χ0n) is 20.1. The Morgan fingerprint density at radius 1 is 0.697 bits per heavy atom. The number of hydrogen-bond acceptors (Lipinski definition) is 4. The van der Waals surface area contributed by atoms with Gasteiger partial charge < -0.3 is 14.9 Å². The lowest BCUT2D eigenvalue weighted by Crippen LogP contribution is -2.09. The molecule has 0 saturated heterocycles. The van der Waals surface area contributed by atoms with Gasteiger partial charge in [0, 0.05) is 0 Å². The molecule has 188 valence electrons. The summed E-state index contributed by atoms with van der Waals surface area (Å²) in [7, 11) is 0. The first-order valence-electron chi connectivity index (χ1n) is 12.6. The van der Waals surface area contributed by atoms with Crippen LogP contribution in [0.3, 0.4) is 0 Å². The second-order valence-electron chi connectivity index (χ2n) is 8.67. The van der Waals surface area contributed by atoms with E-state index in [2.05, 4.69) is 6.92 Å². The van der Waals surface area contributed by atoms with Gasteiger partial charge in [-0.25, -0.2) is 9.59 Å². The molecule has 0 unspecified atom stereocenters. The third-order valence-electron chi connectivity index (χ3n) is 5.85. The molecule has 0 aliphatic rings. The van der Waals surface area contributed by atoms with Crippen LogP contribution >= 0.6 is 21.2 Å². The molecule has 0 saturated carbocycles. The van der Waals surface area contributed by atoms with Gasteiger partial charge in [-0.15, -0.1) is 0 Å². The summed E-state index contributed by atoms with van der Waals surface area (Å²) in [5.41, 5.74) is -0.501. The van der Waals surface area contributed by atoms with E-state index in [1.54, 1.807) is 0 Å². The highest BCUT2D eigenvalue weighted by atomic mass is 127. The van der Waals surface area contributed by atoms with Gasteiger partial charge in [-0.2, -0.15) is 0 Å². The van der Waals surface area contributed by atoms with Crippen LogP contribution in [0.15, 0.2) is 12.1 Å². The lowest BCUT2D eigenvalue weighted by Gasteiger charge is -2.10. The van der Waals surface area contributed by atoms with E-state index in [0.29, 0.717) is 6.61 Å². The normalized spacial score (nSPS) is 10.9. The van der Waals surface area contributed by atoms with Crippen LogP contribution in [-0.2, 0) is 3.07 Å². The lowest BCUT2D eigenvalue weighted by molar-refractivity contribution is 0.0694. The molecule has 0 aromatic heterocycles. The predicted octanol–water partition coefficient (Wildman–Crippen LogP) is 8.21. The van der Waals surface area contributed by atoms with E-state index in [1.807, 2.05) is 0 Å². The molecule has 33 heavy (non-hydrogen) atoms. The molecule has 0 aliphatic heterocycles. The minimum absolute atomic E-state index is 0.108. The third kappa shape index (κ3) is 13.1. The molecule has 0 heterocycles. The predicted molar refractivity (Wildman–Crippen MR) is 139 cm³/mol. The zero-order chi connectivity index (χ0) is 24.3. The topological polar surface area (TPSA) is 101 Å². The molecule has 7 heteroatoms. The van der Waals surface area contributed by atoms with Gasteiger partial charge in [-0.3, -0.25) is 3.07 Å². The van der Waals surface area contributed by atoms with Crippen molar-refractivity contribution in [2.24, 2.45) is 0 Å². The van der Waals surface area contributed by atoms with E-state index < -0.39 is 33.1 Å². The molecule has 0 bridgehead atoms. The van der Waals surface area contributed by atoms with E-state index in [9.17, 15) is 22.9 Å². The maximum Gasteiger partial charge on any atom is 0.337 e. The van der Waals surface area contributed by atoms with Crippen molar-refractivity contribution in [1.29, 1.82) is 0 Å². The van der Waals surface area contributed by atoms with Gasteiger partial charge in [-0.1, -0.05) is 103 Å². The van der Waals surface area contributed by atoms with Crippen molar-refractivity contribution < 1.29 is 27.6 Å². The largest absolute Gasteiger partial charge is 0.494 e. The van der Waals surface area contributed by atoms with Gasteiger partial charge in [0.1, 0.15) is 5.75 Å². The Kier molecular flexibility index (Phi) is 16.9. The van der Waals surface area contributed by atoms with Crippen molar-refractivity contribution >= 4 is 33.1 Å². The van der Waals surface area contributed by atoms with Gasteiger partial charge >= 0.3 is 11.9 Å². The number of carbonyl (C=O) groups is 2. The number of unbranched alkanes of at least 4 members (excludes halogenated alkanes) is 15. The molecule has 0 radical (unpaired) electrons. The molecular weight excluding hydrogens is 535 g/mol. The first kappa shape index (κ1) is 29.5. The summed E-state index contributed by atoms with van der Waals surface area (Å²) in [4.78, 5) is 22.7. The van der Waals surface area contributed by atoms with Crippen molar-refractivity contribution in [2.75, 3.05) is 6.61 Å². The highest BCUT2D eigenvalue weighted by Gasteiger charge is 2.21. The van der Waals surface area contributed by atoms with E-state index >= 15 is 0 Å². The SMILES string of the molecule is CCCCCCCCCCCCCCCCCCOc1cc(C(=O)O)c(I=O)c(C(=O)O)c1. The number of ether oxygens (including phenoxy) is 1. The van der Waals surface area contributed by atoms with Crippen molar-refractivity contribution in [2.45, 2.75) is 110 Å². The number of aromatic carboxylic acids is 2. The highest BCUT2D eigenvalue weighted by molar-refractivity contribution is 14.1. The summed E-state index contributed by atoms with van der Waals surface area (Å²) in [6.07, 6.45) is 20.5. The van der Waals surface area contributed by atoms with E-state index in [1.165, 1.54) is 95.6 Å². The molecule has 6 nitrogen and oxygen atoms in total. The van der Waals surface area contributed by atoms with Crippen LogP contribution in [0.5, 0.6) is 5.75 Å². The smallest absolute Gasteiger partial charge is 0.337 e. The fourth-order valence-electron chi connectivity index (χ4n) is 3.92. The third-order valence-corrected chi connectivity index (χ3v) is 7.45. The number of carboxylic acid groups (broad SMARTS) is 2. The summed E-state index contributed by atoms with van der Waals surface area (Å²) in [6, 6.07) is 2.54. The summed E-state index contributed by atoms with van der Waals surface area (Å²) in [5, 5.41) is 18.6. The molecule has 0 aliphatic carbocycles. The second-order valence-corrected chi connectivity index (χ2v) is 10.2. The number of halogens is 1. The number of hydrogen-bond donors (Lipinski definition) is 2. The van der Waals surface area contributed by atoms with Gasteiger partial charge in [-0.05, 0) is 18.6 Å². The molecular formula is C26H41IO6. The first-order valence-corrected chi connectivity index (χ1v) is 14.5. The van der Waals surface area contributed by atoms with Crippen molar-refractivity contribution in [3.8, 4) is 5.75 Å². The Labute approximate surface area is 209 Å². The number of rotatable bonds is 21. The zero-order valence-corrected chi connectivity index (χ0v) is 22.2. The molecule has 2 N–H and O–H groups in total. The maximum atomic E-state index is 11.4. The summed E-state index contributed by atoms with van der Waals surface area (Å²) < 4.78 is 16.8. The van der Waals surface area contributed by atoms with E-state index in [4.69, 9.17) is 4.74 Å². The Bertz CT molecular complexity index is 684. The van der Waals surface area contributed by atoms with Crippen LogP contribution in [0.1, 0.15) is 130 Å². The van der Waals surface area contributed by atoms with Crippen LogP contribution in [0, 0.1) is 3.57 Å². The summed E-state index contributed by atoms with van der Waals surface area (Å²) >= 11 is -1.92. The molecule has 0 fully saturated rings.